The molecule has 1 aliphatic carbocycles. The topological polar surface area (TPSA) is 75.4 Å². The molecule has 98 valence electrons. The fourth-order valence-electron chi connectivity index (χ4n) is 2.42. The molecule has 1 aromatic rings. The molecule has 0 spiro atoms. The molecule has 0 heterocycles. The van der Waals surface area contributed by atoms with Gasteiger partial charge >= 0.3 is 0 Å². The third kappa shape index (κ3) is 3.23. The first-order valence-corrected chi connectivity index (χ1v) is 6.48. The number of hydrogen-bond acceptors (Lipinski definition) is 3. The van der Waals surface area contributed by atoms with Gasteiger partial charge in [-0.25, -0.2) is 0 Å². The van der Waals surface area contributed by atoms with Crippen molar-refractivity contribution < 1.29 is 9.90 Å². The Morgan fingerprint density at radius 3 is 2.61 bits per heavy atom. The standard InChI is InChI=1S/C14H20N2O2/c15-13-4-2-1-3-12(13)14(18)16-9-10-5-7-11(17)8-6-10/h5-8,12-13,17H,1-4,9,15H2,(H,16,18). The Morgan fingerprint density at radius 2 is 1.94 bits per heavy atom. The highest BCUT2D eigenvalue weighted by molar-refractivity contribution is 5.79. The van der Waals surface area contributed by atoms with Crippen molar-refractivity contribution in [1.82, 2.24) is 5.32 Å². The van der Waals surface area contributed by atoms with Crippen LogP contribution in [0.1, 0.15) is 31.2 Å². The van der Waals surface area contributed by atoms with Gasteiger partial charge in [-0.3, -0.25) is 4.79 Å². The summed E-state index contributed by atoms with van der Waals surface area (Å²) >= 11 is 0. The Kier molecular flexibility index (Phi) is 4.20. The van der Waals surface area contributed by atoms with Crippen molar-refractivity contribution in [3.63, 3.8) is 0 Å². The Balaban J connectivity index is 1.85. The van der Waals surface area contributed by atoms with Crippen LogP contribution in [0.4, 0.5) is 0 Å². The lowest BCUT2D eigenvalue weighted by atomic mass is 9.84. The van der Waals surface area contributed by atoms with Crippen molar-refractivity contribution in [3.05, 3.63) is 29.8 Å². The molecule has 1 fully saturated rings. The fraction of sp³-hybridized carbons (Fsp3) is 0.500. The molecule has 1 saturated carbocycles. The van der Waals surface area contributed by atoms with Gasteiger partial charge in [-0.05, 0) is 30.5 Å². The van der Waals surface area contributed by atoms with Crippen molar-refractivity contribution >= 4 is 5.91 Å². The number of aromatic hydroxyl groups is 1. The molecule has 1 aromatic carbocycles. The summed E-state index contributed by atoms with van der Waals surface area (Å²) in [7, 11) is 0. The van der Waals surface area contributed by atoms with E-state index in [0.29, 0.717) is 6.54 Å². The third-order valence-electron chi connectivity index (χ3n) is 3.56. The largest absolute Gasteiger partial charge is 0.508 e. The number of hydrogen-bond donors (Lipinski definition) is 3. The van der Waals surface area contributed by atoms with Crippen LogP contribution in [0, 0.1) is 5.92 Å². The van der Waals surface area contributed by atoms with Gasteiger partial charge in [0, 0.05) is 12.6 Å². The normalized spacial score (nSPS) is 23.6. The van der Waals surface area contributed by atoms with E-state index in [1.54, 1.807) is 24.3 Å². The van der Waals surface area contributed by atoms with Crippen LogP contribution in [-0.4, -0.2) is 17.1 Å². The lowest BCUT2D eigenvalue weighted by molar-refractivity contribution is -0.126. The van der Waals surface area contributed by atoms with E-state index in [-0.39, 0.29) is 23.6 Å². The average Bonchev–Trinajstić information content (AvgIpc) is 2.38. The van der Waals surface area contributed by atoms with Crippen LogP contribution in [0.5, 0.6) is 5.75 Å². The number of rotatable bonds is 3. The maximum absolute atomic E-state index is 12.0. The van der Waals surface area contributed by atoms with E-state index in [4.69, 9.17) is 10.8 Å². The average molecular weight is 248 g/mol. The molecule has 0 aliphatic heterocycles. The van der Waals surface area contributed by atoms with Gasteiger partial charge in [-0.2, -0.15) is 0 Å². The third-order valence-corrected chi connectivity index (χ3v) is 3.56. The number of carbonyl (C=O) groups is 1. The molecule has 0 saturated heterocycles. The molecular weight excluding hydrogens is 228 g/mol. The van der Waals surface area contributed by atoms with E-state index in [9.17, 15) is 4.79 Å². The summed E-state index contributed by atoms with van der Waals surface area (Å²) in [4.78, 5) is 12.0. The maximum atomic E-state index is 12.0. The highest BCUT2D eigenvalue weighted by Gasteiger charge is 2.27. The van der Waals surface area contributed by atoms with Crippen LogP contribution in [0.15, 0.2) is 24.3 Å². The van der Waals surface area contributed by atoms with Gasteiger partial charge in [-0.1, -0.05) is 25.0 Å². The van der Waals surface area contributed by atoms with Gasteiger partial charge in [-0.15, -0.1) is 0 Å². The Labute approximate surface area is 107 Å². The fourth-order valence-corrected chi connectivity index (χ4v) is 2.42. The SMILES string of the molecule is NC1CCCCC1C(=O)NCc1ccc(O)cc1. The molecule has 1 aliphatic rings. The molecule has 0 aromatic heterocycles. The molecule has 18 heavy (non-hydrogen) atoms. The Morgan fingerprint density at radius 1 is 1.28 bits per heavy atom. The Bertz CT molecular complexity index is 403. The van der Waals surface area contributed by atoms with E-state index < -0.39 is 0 Å². The summed E-state index contributed by atoms with van der Waals surface area (Å²) < 4.78 is 0. The van der Waals surface area contributed by atoms with E-state index in [2.05, 4.69) is 5.32 Å². The summed E-state index contributed by atoms with van der Waals surface area (Å²) in [5, 5.41) is 12.1. The second kappa shape index (κ2) is 5.87. The van der Waals surface area contributed by atoms with E-state index in [1.165, 1.54) is 0 Å². The zero-order valence-corrected chi connectivity index (χ0v) is 10.4. The van der Waals surface area contributed by atoms with Crippen molar-refractivity contribution in [1.29, 1.82) is 0 Å². The summed E-state index contributed by atoms with van der Waals surface area (Å²) in [6.07, 6.45) is 4.05. The number of carbonyl (C=O) groups excluding carboxylic acids is 1. The first-order chi connectivity index (χ1) is 8.66. The predicted molar refractivity (Wildman–Crippen MR) is 69.9 cm³/mol. The van der Waals surface area contributed by atoms with Gasteiger partial charge in [0.2, 0.25) is 5.91 Å². The summed E-state index contributed by atoms with van der Waals surface area (Å²) in [6.45, 7) is 0.488. The van der Waals surface area contributed by atoms with Gasteiger partial charge < -0.3 is 16.2 Å². The number of benzene rings is 1. The maximum Gasteiger partial charge on any atom is 0.224 e. The zero-order valence-electron chi connectivity index (χ0n) is 10.4. The second-order valence-electron chi connectivity index (χ2n) is 4.94. The van der Waals surface area contributed by atoms with Crippen LogP contribution in [0.25, 0.3) is 0 Å². The molecule has 2 atom stereocenters. The summed E-state index contributed by atoms with van der Waals surface area (Å²) in [5.41, 5.74) is 6.95. The van der Waals surface area contributed by atoms with Crippen LogP contribution in [0.3, 0.4) is 0 Å². The highest BCUT2D eigenvalue weighted by atomic mass is 16.3. The van der Waals surface area contributed by atoms with Crippen LogP contribution in [0.2, 0.25) is 0 Å². The minimum atomic E-state index is -0.0455. The number of phenols is 1. The second-order valence-corrected chi connectivity index (χ2v) is 4.94. The predicted octanol–water partition coefficient (Wildman–Crippen LogP) is 1.53. The lowest BCUT2D eigenvalue weighted by Gasteiger charge is -2.27. The number of nitrogens with two attached hydrogens (primary N) is 1. The van der Waals surface area contributed by atoms with Gasteiger partial charge in [0.05, 0.1) is 5.92 Å². The van der Waals surface area contributed by atoms with Crippen molar-refractivity contribution in [2.75, 3.05) is 0 Å². The molecule has 4 nitrogen and oxygen atoms in total. The smallest absolute Gasteiger partial charge is 0.224 e. The van der Waals surface area contributed by atoms with Crippen LogP contribution < -0.4 is 11.1 Å². The van der Waals surface area contributed by atoms with Crippen LogP contribution in [-0.2, 0) is 11.3 Å². The minimum absolute atomic E-state index is 0.00133. The zero-order chi connectivity index (χ0) is 13.0. The molecule has 1 amide bonds. The molecule has 2 unspecified atom stereocenters. The highest BCUT2D eigenvalue weighted by Crippen LogP contribution is 2.23. The number of phenolic OH excluding ortho intramolecular Hbond substituents is 1. The van der Waals surface area contributed by atoms with E-state index in [1.807, 2.05) is 0 Å². The summed E-state index contributed by atoms with van der Waals surface area (Å²) in [5.74, 6) is 0.241. The Hall–Kier alpha value is -1.55. The van der Waals surface area contributed by atoms with Gasteiger partial charge in [0.15, 0.2) is 0 Å². The van der Waals surface area contributed by atoms with Gasteiger partial charge in [0.25, 0.3) is 0 Å². The van der Waals surface area contributed by atoms with Crippen molar-refractivity contribution in [2.45, 2.75) is 38.3 Å². The van der Waals surface area contributed by atoms with E-state index in [0.717, 1.165) is 31.2 Å². The first-order valence-electron chi connectivity index (χ1n) is 6.48. The van der Waals surface area contributed by atoms with Gasteiger partial charge in [0.1, 0.15) is 5.75 Å². The summed E-state index contributed by atoms with van der Waals surface area (Å²) in [6, 6.07) is 6.84. The molecule has 0 bridgehead atoms. The van der Waals surface area contributed by atoms with Crippen molar-refractivity contribution in [3.8, 4) is 5.75 Å². The minimum Gasteiger partial charge on any atom is -0.508 e. The lowest BCUT2D eigenvalue weighted by Crippen LogP contribution is -2.43. The molecular formula is C14H20N2O2. The van der Waals surface area contributed by atoms with E-state index >= 15 is 0 Å². The molecule has 2 rings (SSSR count). The van der Waals surface area contributed by atoms with Crippen LogP contribution >= 0.6 is 0 Å². The first kappa shape index (κ1) is 12.9. The number of amides is 1. The van der Waals surface area contributed by atoms with Crippen molar-refractivity contribution in [2.24, 2.45) is 11.7 Å². The number of nitrogens with one attached hydrogen (secondary N) is 1. The monoisotopic (exact) mass is 248 g/mol. The molecule has 0 radical (unpaired) electrons. The quantitative estimate of drug-likeness (QED) is 0.759. The molecule has 4 N–H and O–H groups in total. The molecule has 4 heteroatoms.